The summed E-state index contributed by atoms with van der Waals surface area (Å²) in [5, 5.41) is 3.13. The minimum Gasteiger partial charge on any atom is -0.483 e. The van der Waals surface area contributed by atoms with Crippen LogP contribution < -0.4 is 10.1 Å². The summed E-state index contributed by atoms with van der Waals surface area (Å²) < 4.78 is 5.86. The van der Waals surface area contributed by atoms with Gasteiger partial charge in [0, 0.05) is 12.6 Å². The van der Waals surface area contributed by atoms with Gasteiger partial charge in [0.1, 0.15) is 11.8 Å². The van der Waals surface area contributed by atoms with Gasteiger partial charge in [0.2, 0.25) is 5.91 Å². The Balaban J connectivity index is 1.74. The summed E-state index contributed by atoms with van der Waals surface area (Å²) in [7, 11) is 0. The molecule has 1 fully saturated rings. The fourth-order valence-corrected chi connectivity index (χ4v) is 4.08. The Morgan fingerprint density at radius 1 is 1.10 bits per heavy atom. The Morgan fingerprint density at radius 3 is 2.52 bits per heavy atom. The van der Waals surface area contributed by atoms with Gasteiger partial charge in [-0.15, -0.1) is 0 Å². The van der Waals surface area contributed by atoms with E-state index in [2.05, 4.69) is 5.32 Å². The molecule has 0 spiro atoms. The molecule has 0 unspecified atom stereocenters. The van der Waals surface area contributed by atoms with Crippen molar-refractivity contribution < 1.29 is 14.3 Å². The number of amides is 2. The van der Waals surface area contributed by atoms with Gasteiger partial charge in [0.25, 0.3) is 5.91 Å². The third kappa shape index (κ3) is 6.09. The lowest BCUT2D eigenvalue weighted by molar-refractivity contribution is -0.142. The first kappa shape index (κ1) is 22.9. The number of hydrogen-bond donors (Lipinski definition) is 1. The van der Waals surface area contributed by atoms with E-state index in [-0.39, 0.29) is 24.5 Å². The highest BCUT2D eigenvalue weighted by molar-refractivity contribution is 5.88. The average Bonchev–Trinajstić information content (AvgIpc) is 3.25. The maximum atomic E-state index is 13.2. The summed E-state index contributed by atoms with van der Waals surface area (Å²) in [5.41, 5.74) is 4.26. The van der Waals surface area contributed by atoms with Crippen LogP contribution in [0.25, 0.3) is 0 Å². The second-order valence-electron chi connectivity index (χ2n) is 8.66. The van der Waals surface area contributed by atoms with Crippen molar-refractivity contribution in [2.24, 2.45) is 0 Å². The first-order valence-electron chi connectivity index (χ1n) is 11.2. The molecule has 0 bridgehead atoms. The first-order valence-corrected chi connectivity index (χ1v) is 11.2. The average molecular weight is 423 g/mol. The fourth-order valence-electron chi connectivity index (χ4n) is 4.08. The molecule has 5 nitrogen and oxygen atoms in total. The van der Waals surface area contributed by atoms with E-state index in [1.807, 2.05) is 63.2 Å². The van der Waals surface area contributed by atoms with E-state index in [4.69, 9.17) is 4.74 Å². The van der Waals surface area contributed by atoms with Crippen LogP contribution in [0.4, 0.5) is 0 Å². The zero-order chi connectivity index (χ0) is 22.4. The van der Waals surface area contributed by atoms with Gasteiger partial charge >= 0.3 is 0 Å². The molecule has 1 atom stereocenters. The first-order chi connectivity index (χ1) is 14.8. The van der Waals surface area contributed by atoms with Crippen LogP contribution in [-0.2, 0) is 16.1 Å². The number of benzene rings is 2. The van der Waals surface area contributed by atoms with Crippen LogP contribution in [0.5, 0.6) is 5.75 Å². The van der Waals surface area contributed by atoms with Crippen LogP contribution in [-0.4, -0.2) is 35.4 Å². The number of aryl methyl sites for hydroxylation is 2. The number of carbonyl (C=O) groups is 2. The van der Waals surface area contributed by atoms with Crippen molar-refractivity contribution in [3.63, 3.8) is 0 Å². The molecule has 3 rings (SSSR count). The van der Waals surface area contributed by atoms with Gasteiger partial charge in [-0.1, -0.05) is 54.8 Å². The van der Waals surface area contributed by atoms with E-state index in [0.29, 0.717) is 12.3 Å². The van der Waals surface area contributed by atoms with Gasteiger partial charge in [-0.25, -0.2) is 0 Å². The highest BCUT2D eigenvalue weighted by atomic mass is 16.5. The summed E-state index contributed by atoms with van der Waals surface area (Å²) in [6.07, 6.45) is 4.32. The Bertz CT molecular complexity index is 919. The maximum absolute atomic E-state index is 13.2. The third-order valence-electron chi connectivity index (χ3n) is 6.21. The molecule has 5 heteroatoms. The second-order valence-corrected chi connectivity index (χ2v) is 8.66. The Kier molecular flexibility index (Phi) is 7.72. The van der Waals surface area contributed by atoms with Crippen molar-refractivity contribution in [3.05, 3.63) is 64.7 Å². The lowest BCUT2D eigenvalue weighted by Gasteiger charge is -2.30. The molecular formula is C26H34N2O3. The summed E-state index contributed by atoms with van der Waals surface area (Å²) in [4.78, 5) is 27.8. The monoisotopic (exact) mass is 422 g/mol. The fraction of sp³-hybridized carbons (Fsp3) is 0.462. The quantitative estimate of drug-likeness (QED) is 0.683. The summed E-state index contributed by atoms with van der Waals surface area (Å²) >= 11 is 0. The number of rotatable bonds is 8. The number of nitrogens with one attached hydrogen (secondary N) is 1. The lowest BCUT2D eigenvalue weighted by atomic mass is 10.1. The predicted molar refractivity (Wildman–Crippen MR) is 123 cm³/mol. The molecule has 1 N–H and O–H groups in total. The van der Waals surface area contributed by atoms with E-state index in [0.717, 1.165) is 47.9 Å². The standard InChI is InChI=1S/C26H34N2O3/c1-18-9-7-11-22(15-18)16-28(21(4)26(30)27-23-12-5-6-13-23)25(29)17-31-24-14-8-10-19(2)20(24)3/h7-11,14-15,21,23H,5-6,12-13,16-17H2,1-4H3,(H,27,30)/t21-/m1/s1. The van der Waals surface area contributed by atoms with Gasteiger partial charge in [-0.3, -0.25) is 9.59 Å². The van der Waals surface area contributed by atoms with Crippen molar-refractivity contribution in [2.75, 3.05) is 6.61 Å². The third-order valence-corrected chi connectivity index (χ3v) is 6.21. The molecule has 2 aromatic rings. The number of ether oxygens (including phenoxy) is 1. The van der Waals surface area contributed by atoms with E-state index in [1.165, 1.54) is 0 Å². The SMILES string of the molecule is Cc1cccc(CN(C(=O)COc2cccc(C)c2C)[C@H](C)C(=O)NC2CCCC2)c1. The van der Waals surface area contributed by atoms with Crippen LogP contribution in [0, 0.1) is 20.8 Å². The predicted octanol–water partition coefficient (Wildman–Crippen LogP) is 4.47. The Hall–Kier alpha value is -2.82. The van der Waals surface area contributed by atoms with Crippen LogP contribution in [0.15, 0.2) is 42.5 Å². The van der Waals surface area contributed by atoms with Crippen molar-refractivity contribution in [3.8, 4) is 5.75 Å². The van der Waals surface area contributed by atoms with Crippen LogP contribution in [0.2, 0.25) is 0 Å². The molecule has 0 saturated heterocycles. The van der Waals surface area contributed by atoms with E-state index >= 15 is 0 Å². The largest absolute Gasteiger partial charge is 0.483 e. The van der Waals surface area contributed by atoms with Gasteiger partial charge in [-0.05, 0) is 63.3 Å². The molecule has 1 aliphatic carbocycles. The maximum Gasteiger partial charge on any atom is 0.261 e. The minimum atomic E-state index is -0.573. The lowest BCUT2D eigenvalue weighted by Crippen LogP contribution is -2.50. The molecule has 2 aromatic carbocycles. The summed E-state index contributed by atoms with van der Waals surface area (Å²) in [6.45, 7) is 8.10. The zero-order valence-electron chi connectivity index (χ0n) is 19.1. The van der Waals surface area contributed by atoms with E-state index in [9.17, 15) is 9.59 Å². The molecule has 0 radical (unpaired) electrons. The highest BCUT2D eigenvalue weighted by Crippen LogP contribution is 2.21. The molecule has 0 aromatic heterocycles. The smallest absolute Gasteiger partial charge is 0.261 e. The number of nitrogens with zero attached hydrogens (tertiary/aromatic N) is 1. The number of hydrogen-bond acceptors (Lipinski definition) is 3. The van der Waals surface area contributed by atoms with Gasteiger partial charge < -0.3 is 15.0 Å². The minimum absolute atomic E-state index is 0.0976. The van der Waals surface area contributed by atoms with Gasteiger partial charge in [0.05, 0.1) is 0 Å². The summed E-state index contributed by atoms with van der Waals surface area (Å²) in [6, 6.07) is 13.5. The van der Waals surface area contributed by atoms with Crippen molar-refractivity contribution in [2.45, 2.75) is 72.0 Å². The van der Waals surface area contributed by atoms with E-state index < -0.39 is 6.04 Å². The molecule has 1 aliphatic rings. The second kappa shape index (κ2) is 10.5. The molecular weight excluding hydrogens is 388 g/mol. The van der Waals surface area contributed by atoms with Crippen LogP contribution >= 0.6 is 0 Å². The van der Waals surface area contributed by atoms with Crippen molar-refractivity contribution >= 4 is 11.8 Å². The normalized spacial score (nSPS) is 14.8. The molecule has 0 aliphatic heterocycles. The van der Waals surface area contributed by atoms with Gasteiger partial charge in [-0.2, -0.15) is 0 Å². The molecule has 31 heavy (non-hydrogen) atoms. The van der Waals surface area contributed by atoms with Crippen molar-refractivity contribution in [1.82, 2.24) is 10.2 Å². The zero-order valence-corrected chi connectivity index (χ0v) is 19.1. The van der Waals surface area contributed by atoms with Crippen molar-refractivity contribution in [1.29, 1.82) is 0 Å². The Morgan fingerprint density at radius 2 is 1.81 bits per heavy atom. The van der Waals surface area contributed by atoms with Gasteiger partial charge in [0.15, 0.2) is 6.61 Å². The molecule has 0 heterocycles. The Labute approximate surface area is 185 Å². The number of carbonyl (C=O) groups excluding carboxylic acids is 2. The van der Waals surface area contributed by atoms with Crippen LogP contribution in [0.1, 0.15) is 54.9 Å². The van der Waals surface area contributed by atoms with Crippen LogP contribution in [0.3, 0.4) is 0 Å². The molecule has 166 valence electrons. The van der Waals surface area contributed by atoms with E-state index in [1.54, 1.807) is 11.8 Å². The summed E-state index contributed by atoms with van der Waals surface area (Å²) in [5.74, 6) is 0.406. The highest BCUT2D eigenvalue weighted by Gasteiger charge is 2.28. The molecule has 2 amide bonds. The molecule has 1 saturated carbocycles. The topological polar surface area (TPSA) is 58.6 Å².